The van der Waals surface area contributed by atoms with Crippen molar-refractivity contribution in [3.8, 4) is 0 Å². The van der Waals surface area contributed by atoms with E-state index in [9.17, 15) is 14.7 Å². The molecule has 0 radical (unpaired) electrons. The number of amides is 3. The number of nitrogens with one attached hydrogen (secondary N) is 1. The molecule has 1 saturated carbocycles. The van der Waals surface area contributed by atoms with E-state index >= 15 is 0 Å². The Morgan fingerprint density at radius 1 is 1.00 bits per heavy atom. The fourth-order valence-corrected chi connectivity index (χ4v) is 6.20. The maximum Gasteiger partial charge on any atom is 0.408 e. The van der Waals surface area contributed by atoms with Crippen LogP contribution in [-0.4, -0.2) is 77.4 Å². The highest BCUT2D eigenvalue weighted by Gasteiger charge is 2.58. The van der Waals surface area contributed by atoms with E-state index in [0.29, 0.717) is 12.0 Å². The van der Waals surface area contributed by atoms with Crippen LogP contribution in [0.2, 0.25) is 0 Å². The van der Waals surface area contributed by atoms with Crippen molar-refractivity contribution in [1.82, 2.24) is 20.0 Å². The molecule has 3 saturated heterocycles. The normalized spacial score (nSPS) is 32.0. The van der Waals surface area contributed by atoms with Gasteiger partial charge < -0.3 is 15.3 Å². The third kappa shape index (κ3) is 2.84. The summed E-state index contributed by atoms with van der Waals surface area (Å²) in [6.07, 6.45) is 8.48. The maximum absolute atomic E-state index is 12.1. The predicted molar refractivity (Wildman–Crippen MR) is 97.9 cm³/mol. The summed E-state index contributed by atoms with van der Waals surface area (Å²) >= 11 is 0. The Labute approximate surface area is 155 Å². The average molecular weight is 364 g/mol. The second kappa shape index (κ2) is 6.91. The first-order valence-electron chi connectivity index (χ1n) is 10.3. The van der Waals surface area contributed by atoms with E-state index in [0.717, 1.165) is 51.9 Å². The van der Waals surface area contributed by atoms with Gasteiger partial charge >= 0.3 is 12.1 Å². The molecule has 0 bridgehead atoms. The molecule has 146 valence electrons. The summed E-state index contributed by atoms with van der Waals surface area (Å²) in [5.41, 5.74) is 0.215. The van der Waals surface area contributed by atoms with Gasteiger partial charge in [0.15, 0.2) is 0 Å². The Morgan fingerprint density at radius 3 is 2.31 bits per heavy atom. The topological polar surface area (TPSA) is 76.1 Å². The number of urea groups is 1. The molecule has 0 aromatic rings. The lowest BCUT2D eigenvalue weighted by Gasteiger charge is -2.60. The molecular weight excluding hydrogens is 332 g/mol. The fraction of sp³-hybridized carbons (Fsp3) is 0.895. The van der Waals surface area contributed by atoms with Gasteiger partial charge in [-0.05, 0) is 44.4 Å². The molecule has 7 heteroatoms. The van der Waals surface area contributed by atoms with Crippen molar-refractivity contribution >= 4 is 12.1 Å². The number of piperidine rings is 1. The Bertz CT molecular complexity index is 555. The largest absolute Gasteiger partial charge is 0.465 e. The van der Waals surface area contributed by atoms with Gasteiger partial charge in [0, 0.05) is 44.7 Å². The molecule has 3 heterocycles. The van der Waals surface area contributed by atoms with E-state index in [-0.39, 0.29) is 17.6 Å². The zero-order valence-corrected chi connectivity index (χ0v) is 15.8. The lowest BCUT2D eigenvalue weighted by atomic mass is 9.73. The summed E-state index contributed by atoms with van der Waals surface area (Å²) in [6, 6.07) is 0.408. The van der Waals surface area contributed by atoms with Crippen LogP contribution < -0.4 is 5.32 Å². The summed E-state index contributed by atoms with van der Waals surface area (Å²) in [4.78, 5) is 29.9. The summed E-state index contributed by atoms with van der Waals surface area (Å²) < 4.78 is 0. The minimum atomic E-state index is -0.767. The Hall–Kier alpha value is -1.50. The number of hydrogen-bond donors (Lipinski definition) is 2. The third-order valence-electron chi connectivity index (χ3n) is 7.41. The van der Waals surface area contributed by atoms with Crippen molar-refractivity contribution in [3.05, 3.63) is 0 Å². The molecule has 26 heavy (non-hydrogen) atoms. The highest BCUT2D eigenvalue weighted by molar-refractivity contribution is 5.74. The monoisotopic (exact) mass is 364 g/mol. The van der Waals surface area contributed by atoms with Gasteiger partial charge in [0.1, 0.15) is 0 Å². The maximum atomic E-state index is 12.1. The number of carboxylic acid groups (broad SMARTS) is 1. The van der Waals surface area contributed by atoms with Crippen molar-refractivity contribution < 1.29 is 14.7 Å². The Kier molecular flexibility index (Phi) is 4.75. The molecule has 2 atom stereocenters. The molecule has 0 aromatic heterocycles. The van der Waals surface area contributed by atoms with Crippen molar-refractivity contribution in [2.75, 3.05) is 33.2 Å². The molecule has 7 nitrogen and oxygen atoms in total. The molecule has 4 fully saturated rings. The smallest absolute Gasteiger partial charge is 0.408 e. The molecule has 3 aliphatic heterocycles. The number of likely N-dealkylation sites (tertiary alicyclic amines) is 3. The lowest BCUT2D eigenvalue weighted by Crippen LogP contribution is -2.72. The standard InChI is InChI=1S/C19H32N4O3/c1-20-17(24)22-10-4-5-15(22)14-6-11-21(12-7-14)16-19(8-2-3-9-19)13-23(16)18(25)26/h14-16H,2-13H2,1H3,(H,20,24)(H,25,26)/t15-,16?/m0/s1. The van der Waals surface area contributed by atoms with Crippen LogP contribution in [-0.2, 0) is 0 Å². The second-order valence-corrected chi connectivity index (χ2v) is 8.69. The number of hydrogen-bond acceptors (Lipinski definition) is 3. The van der Waals surface area contributed by atoms with Crippen LogP contribution in [0, 0.1) is 11.3 Å². The zero-order chi connectivity index (χ0) is 18.3. The van der Waals surface area contributed by atoms with Crippen LogP contribution in [0.15, 0.2) is 0 Å². The minimum absolute atomic E-state index is 0.0517. The molecule has 4 aliphatic rings. The van der Waals surface area contributed by atoms with E-state index in [1.165, 1.54) is 25.7 Å². The van der Waals surface area contributed by atoms with E-state index in [4.69, 9.17) is 0 Å². The van der Waals surface area contributed by atoms with Crippen LogP contribution in [0.25, 0.3) is 0 Å². The third-order valence-corrected chi connectivity index (χ3v) is 7.41. The van der Waals surface area contributed by atoms with E-state index in [1.807, 2.05) is 4.90 Å². The van der Waals surface area contributed by atoms with Gasteiger partial charge in [-0.2, -0.15) is 0 Å². The first-order chi connectivity index (χ1) is 12.6. The van der Waals surface area contributed by atoms with Gasteiger partial charge in [0.25, 0.3) is 0 Å². The summed E-state index contributed by atoms with van der Waals surface area (Å²) in [5, 5.41) is 12.4. The number of nitrogens with zero attached hydrogens (tertiary/aromatic N) is 3. The molecule has 4 rings (SSSR count). The number of carbonyl (C=O) groups is 2. The molecule has 0 aromatic carbocycles. The van der Waals surface area contributed by atoms with Gasteiger partial charge in [-0.3, -0.25) is 9.80 Å². The first kappa shape index (κ1) is 17.9. The highest BCUT2D eigenvalue weighted by atomic mass is 16.4. The van der Waals surface area contributed by atoms with E-state index in [2.05, 4.69) is 10.2 Å². The van der Waals surface area contributed by atoms with Crippen LogP contribution in [0.5, 0.6) is 0 Å². The number of rotatable bonds is 2. The Morgan fingerprint density at radius 2 is 1.69 bits per heavy atom. The summed E-state index contributed by atoms with van der Waals surface area (Å²) in [5.74, 6) is 0.545. The fourth-order valence-electron chi connectivity index (χ4n) is 6.20. The highest BCUT2D eigenvalue weighted by Crippen LogP contribution is 2.52. The predicted octanol–water partition coefficient (Wildman–Crippen LogP) is 2.38. The number of carbonyl (C=O) groups excluding carboxylic acids is 1. The van der Waals surface area contributed by atoms with Gasteiger partial charge in [-0.25, -0.2) is 9.59 Å². The van der Waals surface area contributed by atoms with Gasteiger partial charge in [-0.15, -0.1) is 0 Å². The van der Waals surface area contributed by atoms with Crippen molar-refractivity contribution in [3.63, 3.8) is 0 Å². The van der Waals surface area contributed by atoms with Crippen LogP contribution >= 0.6 is 0 Å². The Balaban J connectivity index is 1.40. The lowest BCUT2D eigenvalue weighted by molar-refractivity contribution is -0.143. The summed E-state index contributed by atoms with van der Waals surface area (Å²) in [7, 11) is 1.71. The second-order valence-electron chi connectivity index (χ2n) is 8.69. The average Bonchev–Trinajstić information content (AvgIpc) is 3.30. The summed E-state index contributed by atoms with van der Waals surface area (Å²) in [6.45, 7) is 3.50. The van der Waals surface area contributed by atoms with E-state index < -0.39 is 6.09 Å². The van der Waals surface area contributed by atoms with Gasteiger partial charge in [0.05, 0.1) is 6.17 Å². The minimum Gasteiger partial charge on any atom is -0.465 e. The van der Waals surface area contributed by atoms with Crippen molar-refractivity contribution in [2.24, 2.45) is 11.3 Å². The van der Waals surface area contributed by atoms with Gasteiger partial charge in [0.2, 0.25) is 0 Å². The van der Waals surface area contributed by atoms with Crippen LogP contribution in [0.3, 0.4) is 0 Å². The molecule has 1 aliphatic carbocycles. The molecule has 1 unspecified atom stereocenters. The van der Waals surface area contributed by atoms with Crippen molar-refractivity contribution in [1.29, 1.82) is 0 Å². The quantitative estimate of drug-likeness (QED) is 0.789. The first-order valence-corrected chi connectivity index (χ1v) is 10.3. The van der Waals surface area contributed by atoms with Crippen molar-refractivity contribution in [2.45, 2.75) is 63.6 Å². The molecule has 1 spiro atoms. The van der Waals surface area contributed by atoms with E-state index in [1.54, 1.807) is 11.9 Å². The zero-order valence-electron chi connectivity index (χ0n) is 15.8. The van der Waals surface area contributed by atoms with Crippen LogP contribution in [0.1, 0.15) is 51.4 Å². The molecule has 2 N–H and O–H groups in total. The van der Waals surface area contributed by atoms with Gasteiger partial charge in [-0.1, -0.05) is 12.8 Å². The molecular formula is C19H32N4O3. The molecule has 3 amide bonds. The van der Waals surface area contributed by atoms with Crippen LogP contribution in [0.4, 0.5) is 9.59 Å². The SMILES string of the molecule is CNC(=O)N1CCC[C@H]1C1CCN(C2N(C(=O)O)CC23CCCC3)CC1.